The molecule has 0 aliphatic rings. The van der Waals surface area contributed by atoms with Crippen LogP contribution in [0, 0.1) is 0 Å². The van der Waals surface area contributed by atoms with Gasteiger partial charge in [0.2, 0.25) is 5.91 Å². The number of nitrogens with one attached hydrogen (secondary N) is 1. The molecule has 0 saturated heterocycles. The minimum absolute atomic E-state index is 0.189. The summed E-state index contributed by atoms with van der Waals surface area (Å²) in [5.74, 6) is -0.464. The van der Waals surface area contributed by atoms with Crippen LogP contribution in [0.1, 0.15) is 30.1 Å². The maximum Gasteiger partial charge on any atom is 0.434 e. The molecule has 0 unspecified atom stereocenters. The standard InChI is InChI=1S/C14H14F3N3O2S/c1-2-9(13-19-10(8-23-13)14(15,16)17)18-11(21)7-20-6-4-3-5-12(20)22/h3-6,8-9H,2,7H2,1H3,(H,18,21)/t9-/m1/s1. The van der Waals surface area contributed by atoms with Gasteiger partial charge >= 0.3 is 6.18 Å². The molecule has 0 fully saturated rings. The van der Waals surface area contributed by atoms with Crippen LogP contribution in [0.3, 0.4) is 0 Å². The number of pyridine rings is 1. The zero-order chi connectivity index (χ0) is 17.0. The van der Waals surface area contributed by atoms with E-state index in [1.165, 1.54) is 16.8 Å². The van der Waals surface area contributed by atoms with Crippen LogP contribution in [-0.2, 0) is 17.5 Å². The summed E-state index contributed by atoms with van der Waals surface area (Å²) in [6, 6.07) is 3.87. The van der Waals surface area contributed by atoms with Gasteiger partial charge in [0.25, 0.3) is 5.56 Å². The van der Waals surface area contributed by atoms with Crippen molar-refractivity contribution in [3.05, 3.63) is 50.8 Å². The van der Waals surface area contributed by atoms with Gasteiger partial charge in [0.05, 0.1) is 6.04 Å². The molecule has 1 N–H and O–H groups in total. The van der Waals surface area contributed by atoms with Crippen LogP contribution >= 0.6 is 11.3 Å². The number of alkyl halides is 3. The zero-order valence-electron chi connectivity index (χ0n) is 12.1. The van der Waals surface area contributed by atoms with E-state index in [4.69, 9.17) is 0 Å². The molecule has 2 aromatic heterocycles. The number of aromatic nitrogens is 2. The smallest absolute Gasteiger partial charge is 0.345 e. The second-order valence-corrected chi connectivity index (χ2v) is 5.65. The first kappa shape index (κ1) is 17.2. The number of carbonyl (C=O) groups is 1. The van der Waals surface area contributed by atoms with Gasteiger partial charge in [-0.3, -0.25) is 9.59 Å². The fourth-order valence-corrected chi connectivity index (χ4v) is 2.86. The molecule has 0 radical (unpaired) electrons. The summed E-state index contributed by atoms with van der Waals surface area (Å²) in [7, 11) is 0. The number of rotatable bonds is 5. The first-order valence-corrected chi connectivity index (χ1v) is 7.66. The molecule has 0 aliphatic carbocycles. The van der Waals surface area contributed by atoms with Gasteiger partial charge in [-0.1, -0.05) is 13.0 Å². The molecule has 2 aromatic rings. The molecule has 0 aliphatic heterocycles. The van der Waals surface area contributed by atoms with Crippen LogP contribution in [0.2, 0.25) is 0 Å². The van der Waals surface area contributed by atoms with Crippen molar-refractivity contribution >= 4 is 17.2 Å². The quantitative estimate of drug-likeness (QED) is 0.906. The topological polar surface area (TPSA) is 64.0 Å². The molecular weight excluding hydrogens is 331 g/mol. The van der Waals surface area contributed by atoms with Crippen LogP contribution in [0.5, 0.6) is 0 Å². The van der Waals surface area contributed by atoms with Crippen molar-refractivity contribution in [2.45, 2.75) is 32.1 Å². The van der Waals surface area contributed by atoms with E-state index in [9.17, 15) is 22.8 Å². The second kappa shape index (κ2) is 6.95. The molecule has 2 heterocycles. The molecule has 1 amide bonds. The van der Waals surface area contributed by atoms with E-state index in [1.54, 1.807) is 19.1 Å². The zero-order valence-corrected chi connectivity index (χ0v) is 12.9. The van der Waals surface area contributed by atoms with Crippen molar-refractivity contribution in [2.75, 3.05) is 0 Å². The van der Waals surface area contributed by atoms with Crippen molar-refractivity contribution in [3.8, 4) is 0 Å². The van der Waals surface area contributed by atoms with Gasteiger partial charge in [-0.05, 0) is 12.5 Å². The predicted molar refractivity (Wildman–Crippen MR) is 79.0 cm³/mol. The predicted octanol–water partition coefficient (Wildman–Crippen LogP) is 2.59. The summed E-state index contributed by atoms with van der Waals surface area (Å²) in [6.07, 6.45) is -2.65. The van der Waals surface area contributed by atoms with Gasteiger partial charge in [-0.15, -0.1) is 11.3 Å². The highest BCUT2D eigenvalue weighted by atomic mass is 32.1. The lowest BCUT2D eigenvalue weighted by Crippen LogP contribution is -2.34. The van der Waals surface area contributed by atoms with Crippen LogP contribution in [0.25, 0.3) is 0 Å². The van der Waals surface area contributed by atoms with Crippen molar-refractivity contribution < 1.29 is 18.0 Å². The molecular formula is C14H14F3N3O2S. The van der Waals surface area contributed by atoms with Crippen LogP contribution < -0.4 is 10.9 Å². The van der Waals surface area contributed by atoms with E-state index < -0.39 is 23.8 Å². The molecule has 0 saturated carbocycles. The Morgan fingerprint density at radius 2 is 2.17 bits per heavy atom. The van der Waals surface area contributed by atoms with Crippen molar-refractivity contribution in [2.24, 2.45) is 0 Å². The summed E-state index contributed by atoms with van der Waals surface area (Å²) in [5.41, 5.74) is -1.30. The Labute approximate surface area is 133 Å². The molecule has 23 heavy (non-hydrogen) atoms. The fraction of sp³-hybridized carbons (Fsp3) is 0.357. The van der Waals surface area contributed by atoms with Crippen molar-refractivity contribution in [3.63, 3.8) is 0 Å². The van der Waals surface area contributed by atoms with E-state index in [2.05, 4.69) is 10.3 Å². The highest BCUT2D eigenvalue weighted by Crippen LogP contribution is 2.32. The van der Waals surface area contributed by atoms with E-state index in [-0.39, 0.29) is 17.1 Å². The van der Waals surface area contributed by atoms with Gasteiger partial charge in [-0.25, -0.2) is 4.98 Å². The Kier molecular flexibility index (Phi) is 5.19. The molecule has 5 nitrogen and oxygen atoms in total. The number of nitrogens with zero attached hydrogens (tertiary/aromatic N) is 2. The number of hydrogen-bond donors (Lipinski definition) is 1. The lowest BCUT2D eigenvalue weighted by molar-refractivity contribution is -0.140. The number of carbonyl (C=O) groups excluding carboxylic acids is 1. The lowest BCUT2D eigenvalue weighted by Gasteiger charge is -2.15. The molecule has 2 rings (SSSR count). The Morgan fingerprint density at radius 1 is 1.43 bits per heavy atom. The Bertz CT molecular complexity index is 739. The second-order valence-electron chi connectivity index (χ2n) is 4.76. The molecule has 1 atom stereocenters. The van der Waals surface area contributed by atoms with Gasteiger partial charge in [0.1, 0.15) is 11.6 Å². The number of hydrogen-bond acceptors (Lipinski definition) is 4. The average Bonchev–Trinajstić information content (AvgIpc) is 2.97. The van der Waals surface area contributed by atoms with Crippen molar-refractivity contribution in [1.82, 2.24) is 14.9 Å². The van der Waals surface area contributed by atoms with Gasteiger partial charge < -0.3 is 9.88 Å². The van der Waals surface area contributed by atoms with Crippen molar-refractivity contribution in [1.29, 1.82) is 0 Å². The fourth-order valence-electron chi connectivity index (χ4n) is 1.90. The lowest BCUT2D eigenvalue weighted by atomic mass is 10.2. The van der Waals surface area contributed by atoms with E-state index in [0.29, 0.717) is 6.42 Å². The SMILES string of the molecule is CC[C@@H](NC(=O)Cn1ccccc1=O)c1nc(C(F)(F)F)cs1. The monoisotopic (exact) mass is 345 g/mol. The molecule has 9 heteroatoms. The largest absolute Gasteiger partial charge is 0.434 e. The first-order chi connectivity index (χ1) is 10.8. The van der Waals surface area contributed by atoms with Gasteiger partial charge in [0, 0.05) is 17.6 Å². The number of halogens is 3. The Morgan fingerprint density at radius 3 is 2.74 bits per heavy atom. The number of thiazole rings is 1. The normalized spacial score (nSPS) is 12.9. The van der Waals surface area contributed by atoms with Crippen LogP contribution in [0.15, 0.2) is 34.6 Å². The molecule has 0 spiro atoms. The maximum atomic E-state index is 12.6. The Hall–Kier alpha value is -2.16. The summed E-state index contributed by atoms with van der Waals surface area (Å²) in [4.78, 5) is 27.1. The van der Waals surface area contributed by atoms with Gasteiger partial charge in [-0.2, -0.15) is 13.2 Å². The van der Waals surface area contributed by atoms with Crippen LogP contribution in [0.4, 0.5) is 13.2 Å². The summed E-state index contributed by atoms with van der Waals surface area (Å²) >= 11 is 0.846. The molecule has 0 bridgehead atoms. The minimum Gasteiger partial charge on any atom is -0.345 e. The highest BCUT2D eigenvalue weighted by molar-refractivity contribution is 7.09. The molecule has 0 aromatic carbocycles. The Balaban J connectivity index is 2.07. The third kappa shape index (κ3) is 4.41. The van der Waals surface area contributed by atoms with E-state index >= 15 is 0 Å². The van der Waals surface area contributed by atoms with E-state index in [0.717, 1.165) is 16.7 Å². The highest BCUT2D eigenvalue weighted by Gasteiger charge is 2.34. The first-order valence-electron chi connectivity index (χ1n) is 6.78. The summed E-state index contributed by atoms with van der Waals surface area (Å²) in [6.45, 7) is 1.53. The maximum absolute atomic E-state index is 12.6. The molecule has 124 valence electrons. The minimum atomic E-state index is -4.51. The summed E-state index contributed by atoms with van der Waals surface area (Å²) in [5, 5.41) is 3.72. The van der Waals surface area contributed by atoms with E-state index in [1.807, 2.05) is 0 Å². The van der Waals surface area contributed by atoms with Gasteiger partial charge in [0.15, 0.2) is 5.69 Å². The number of amides is 1. The van der Waals surface area contributed by atoms with Crippen LogP contribution in [-0.4, -0.2) is 15.5 Å². The third-order valence-electron chi connectivity index (χ3n) is 3.07. The summed E-state index contributed by atoms with van der Waals surface area (Å²) < 4.78 is 39.0. The third-order valence-corrected chi connectivity index (χ3v) is 4.03. The average molecular weight is 345 g/mol.